The minimum absolute atomic E-state index is 0.402. The normalized spacial score (nSPS) is 10.6. The van der Waals surface area contributed by atoms with E-state index in [1.54, 1.807) is 19.1 Å². The molecule has 4 nitrogen and oxygen atoms in total. The van der Waals surface area contributed by atoms with E-state index in [1.165, 1.54) is 7.11 Å². The van der Waals surface area contributed by atoms with Crippen LogP contribution in [0.5, 0.6) is 0 Å². The van der Waals surface area contributed by atoms with Crippen LogP contribution < -0.4 is 0 Å². The first-order valence-corrected chi connectivity index (χ1v) is 5.06. The molecule has 0 spiro atoms. The van der Waals surface area contributed by atoms with Crippen LogP contribution in [-0.2, 0) is 4.74 Å². The third-order valence-electron chi connectivity index (χ3n) is 1.97. The molecule has 0 radical (unpaired) electrons. The van der Waals surface area contributed by atoms with Gasteiger partial charge in [0.05, 0.1) is 12.7 Å². The highest BCUT2D eigenvalue weighted by Gasteiger charge is 2.15. The number of oxazole rings is 1. The number of carbonyl (C=O) groups is 1. The van der Waals surface area contributed by atoms with Gasteiger partial charge in [0.25, 0.3) is 0 Å². The minimum Gasteiger partial charge on any atom is -0.465 e. The number of carbonyl (C=O) groups excluding carboxylic acids is 1. The summed E-state index contributed by atoms with van der Waals surface area (Å²) in [5.74, 6) is 0.0999. The van der Waals surface area contributed by atoms with Crippen LogP contribution in [0, 0.1) is 6.92 Å². The zero-order valence-electron chi connectivity index (χ0n) is 8.20. The van der Waals surface area contributed by atoms with E-state index in [-0.39, 0.29) is 0 Å². The van der Waals surface area contributed by atoms with Crippen molar-refractivity contribution in [3.63, 3.8) is 0 Å². The molecule has 2 aromatic rings. The fourth-order valence-electron chi connectivity index (χ4n) is 1.37. The first-order chi connectivity index (χ1) is 7.11. The Kier molecular flexibility index (Phi) is 2.48. The molecule has 0 aliphatic heterocycles. The second-order valence-corrected chi connectivity index (χ2v) is 3.94. The van der Waals surface area contributed by atoms with Gasteiger partial charge in [0.1, 0.15) is 5.52 Å². The maximum atomic E-state index is 11.5. The summed E-state index contributed by atoms with van der Waals surface area (Å²) in [4.78, 5) is 15.6. The number of ether oxygens (including phenoxy) is 1. The number of fused-ring (bicyclic) bond motifs is 1. The summed E-state index contributed by atoms with van der Waals surface area (Å²) in [6.07, 6.45) is 0. The van der Waals surface area contributed by atoms with Crippen molar-refractivity contribution in [1.82, 2.24) is 4.98 Å². The van der Waals surface area contributed by atoms with Gasteiger partial charge in [0.2, 0.25) is 0 Å². The lowest BCUT2D eigenvalue weighted by atomic mass is 10.2. The van der Waals surface area contributed by atoms with E-state index < -0.39 is 5.97 Å². The van der Waals surface area contributed by atoms with Crippen molar-refractivity contribution in [2.45, 2.75) is 6.92 Å². The third-order valence-corrected chi connectivity index (χ3v) is 2.43. The molecule has 1 aromatic carbocycles. The Morgan fingerprint density at radius 3 is 2.93 bits per heavy atom. The smallest absolute Gasteiger partial charge is 0.340 e. The molecular formula is C10H8BrNO3. The molecule has 0 saturated carbocycles. The molecule has 2 rings (SSSR count). The summed E-state index contributed by atoms with van der Waals surface area (Å²) in [6, 6.07) is 3.43. The fraction of sp³-hybridized carbons (Fsp3) is 0.200. The molecule has 0 unspecified atom stereocenters. The quantitative estimate of drug-likeness (QED) is 0.747. The number of rotatable bonds is 1. The number of benzene rings is 1. The average Bonchev–Trinajstić information content (AvgIpc) is 2.55. The number of nitrogens with zero attached hydrogens (tertiary/aromatic N) is 1. The van der Waals surface area contributed by atoms with Crippen LogP contribution in [0.4, 0.5) is 0 Å². The van der Waals surface area contributed by atoms with E-state index in [4.69, 9.17) is 4.42 Å². The van der Waals surface area contributed by atoms with Gasteiger partial charge < -0.3 is 9.15 Å². The van der Waals surface area contributed by atoms with Gasteiger partial charge in [0.15, 0.2) is 11.5 Å². The number of hydrogen-bond donors (Lipinski definition) is 0. The van der Waals surface area contributed by atoms with Crippen molar-refractivity contribution >= 4 is 33.0 Å². The highest BCUT2D eigenvalue weighted by Crippen LogP contribution is 2.25. The maximum Gasteiger partial charge on any atom is 0.340 e. The molecule has 0 bridgehead atoms. The molecule has 15 heavy (non-hydrogen) atoms. The highest BCUT2D eigenvalue weighted by molar-refractivity contribution is 9.10. The van der Waals surface area contributed by atoms with Gasteiger partial charge in [-0.2, -0.15) is 0 Å². The van der Waals surface area contributed by atoms with Gasteiger partial charge in [-0.05, 0) is 12.1 Å². The maximum absolute atomic E-state index is 11.5. The standard InChI is InChI=1S/C10H8BrNO3/c1-5-12-9-7(10(13)14-2)3-6(11)4-8(9)15-5/h3-4H,1-2H3. The van der Waals surface area contributed by atoms with Crippen LogP contribution in [-0.4, -0.2) is 18.1 Å². The largest absolute Gasteiger partial charge is 0.465 e. The lowest BCUT2D eigenvalue weighted by molar-refractivity contribution is 0.0602. The molecule has 0 aliphatic carbocycles. The second kappa shape index (κ2) is 3.66. The second-order valence-electron chi connectivity index (χ2n) is 3.02. The van der Waals surface area contributed by atoms with Crippen molar-refractivity contribution in [2.75, 3.05) is 7.11 Å². The molecule has 78 valence electrons. The van der Waals surface area contributed by atoms with Crippen LogP contribution >= 0.6 is 15.9 Å². The third kappa shape index (κ3) is 1.74. The lowest BCUT2D eigenvalue weighted by Gasteiger charge is -1.99. The van der Waals surface area contributed by atoms with Gasteiger partial charge in [0, 0.05) is 11.4 Å². The summed E-state index contributed by atoms with van der Waals surface area (Å²) < 4.78 is 10.8. The summed E-state index contributed by atoms with van der Waals surface area (Å²) in [5.41, 5.74) is 1.50. The van der Waals surface area contributed by atoms with Crippen molar-refractivity contribution < 1.29 is 13.9 Å². The number of hydrogen-bond acceptors (Lipinski definition) is 4. The topological polar surface area (TPSA) is 52.3 Å². The van der Waals surface area contributed by atoms with Crippen LogP contribution in [0.3, 0.4) is 0 Å². The van der Waals surface area contributed by atoms with Gasteiger partial charge in [-0.25, -0.2) is 9.78 Å². The Labute approximate surface area is 94.4 Å². The predicted molar refractivity (Wildman–Crippen MR) is 57.8 cm³/mol. The molecular weight excluding hydrogens is 262 g/mol. The number of aromatic nitrogens is 1. The molecule has 0 atom stereocenters. The van der Waals surface area contributed by atoms with Crippen LogP contribution in [0.2, 0.25) is 0 Å². The Bertz CT molecular complexity index is 533. The highest BCUT2D eigenvalue weighted by atomic mass is 79.9. The summed E-state index contributed by atoms with van der Waals surface area (Å²) in [6.45, 7) is 1.73. The van der Waals surface area contributed by atoms with Crippen molar-refractivity contribution in [2.24, 2.45) is 0 Å². The van der Waals surface area contributed by atoms with Crippen molar-refractivity contribution in [3.8, 4) is 0 Å². The van der Waals surface area contributed by atoms with Crippen LogP contribution in [0.25, 0.3) is 11.1 Å². The zero-order chi connectivity index (χ0) is 11.0. The fourth-order valence-corrected chi connectivity index (χ4v) is 1.81. The summed E-state index contributed by atoms with van der Waals surface area (Å²) in [5, 5.41) is 0. The van der Waals surface area contributed by atoms with E-state index >= 15 is 0 Å². The number of methoxy groups -OCH3 is 1. The first-order valence-electron chi connectivity index (χ1n) is 4.27. The van der Waals surface area contributed by atoms with Gasteiger partial charge >= 0.3 is 5.97 Å². The Morgan fingerprint density at radius 2 is 2.27 bits per heavy atom. The zero-order valence-corrected chi connectivity index (χ0v) is 9.79. The van der Waals surface area contributed by atoms with Gasteiger partial charge in [-0.1, -0.05) is 15.9 Å². The molecule has 5 heteroatoms. The number of halogens is 1. The van der Waals surface area contributed by atoms with E-state index in [0.717, 1.165) is 4.47 Å². The summed E-state index contributed by atoms with van der Waals surface area (Å²) >= 11 is 3.29. The average molecular weight is 270 g/mol. The molecule has 1 aromatic heterocycles. The first kappa shape index (κ1) is 10.2. The van der Waals surface area contributed by atoms with E-state index in [9.17, 15) is 4.79 Å². The van der Waals surface area contributed by atoms with Crippen molar-refractivity contribution in [3.05, 3.63) is 28.1 Å². The van der Waals surface area contributed by atoms with Gasteiger partial charge in [-0.15, -0.1) is 0 Å². The Morgan fingerprint density at radius 1 is 1.53 bits per heavy atom. The molecule has 0 aliphatic rings. The molecule has 0 amide bonds. The number of esters is 1. The Balaban J connectivity index is 2.75. The van der Waals surface area contributed by atoms with E-state index in [1.807, 2.05) is 0 Å². The lowest BCUT2D eigenvalue weighted by Crippen LogP contribution is -2.02. The SMILES string of the molecule is COC(=O)c1cc(Br)cc2oc(C)nc12. The Hall–Kier alpha value is -1.36. The molecule has 0 fully saturated rings. The van der Waals surface area contributed by atoms with E-state index in [0.29, 0.717) is 22.6 Å². The number of aryl methyl sites for hydroxylation is 1. The van der Waals surface area contributed by atoms with Gasteiger partial charge in [-0.3, -0.25) is 0 Å². The monoisotopic (exact) mass is 269 g/mol. The van der Waals surface area contributed by atoms with Crippen molar-refractivity contribution in [1.29, 1.82) is 0 Å². The van der Waals surface area contributed by atoms with Crippen LogP contribution in [0.15, 0.2) is 21.0 Å². The molecule has 0 N–H and O–H groups in total. The molecule has 1 heterocycles. The minimum atomic E-state index is -0.422. The predicted octanol–water partition coefficient (Wildman–Crippen LogP) is 2.69. The molecule has 0 saturated heterocycles. The summed E-state index contributed by atoms with van der Waals surface area (Å²) in [7, 11) is 1.34. The van der Waals surface area contributed by atoms with E-state index in [2.05, 4.69) is 25.7 Å². The van der Waals surface area contributed by atoms with Crippen LogP contribution in [0.1, 0.15) is 16.2 Å².